The molecule has 1 heterocycles. The van der Waals surface area contributed by atoms with Crippen molar-refractivity contribution in [1.82, 2.24) is 21.1 Å². The number of nitrogens with two attached hydrogens (primary N) is 4. The average Bonchev–Trinajstić information content (AvgIpc) is 3.50. The molecule has 0 saturated carbocycles. The van der Waals surface area contributed by atoms with Gasteiger partial charge in [-0.3, -0.25) is 34.5 Å². The molecule has 15 nitrogen and oxygen atoms in total. The van der Waals surface area contributed by atoms with Gasteiger partial charge in [0.2, 0.25) is 17.7 Å². The van der Waals surface area contributed by atoms with Gasteiger partial charge in [0.05, 0.1) is 11.7 Å². The van der Waals surface area contributed by atoms with E-state index in [0.717, 1.165) is 10.8 Å². The lowest BCUT2D eigenvalue weighted by atomic mass is 9.97. The molecule has 3 rings (SSSR count). The predicted octanol–water partition coefficient (Wildman–Crippen LogP) is 0.164. The Morgan fingerprint density at radius 2 is 1.70 bits per heavy atom. The number of hydrazine groups is 1. The third kappa shape index (κ3) is 9.30. The second-order valence-electron chi connectivity index (χ2n) is 11.8. The van der Waals surface area contributed by atoms with Crippen LogP contribution in [0.25, 0.3) is 10.8 Å². The van der Waals surface area contributed by atoms with E-state index in [1.54, 1.807) is 13.0 Å². The highest BCUT2D eigenvalue weighted by atomic mass is 16.2. The van der Waals surface area contributed by atoms with E-state index < -0.39 is 53.8 Å². The van der Waals surface area contributed by atoms with Gasteiger partial charge in [-0.25, -0.2) is 10.2 Å². The maximum Gasteiger partial charge on any atom is 0.330 e. The van der Waals surface area contributed by atoms with Crippen LogP contribution in [0.4, 0.5) is 10.5 Å². The van der Waals surface area contributed by atoms with Crippen molar-refractivity contribution in [3.8, 4) is 0 Å². The number of primary amides is 1. The van der Waals surface area contributed by atoms with Crippen molar-refractivity contribution in [3.63, 3.8) is 0 Å². The van der Waals surface area contributed by atoms with E-state index in [-0.39, 0.29) is 37.8 Å². The lowest BCUT2D eigenvalue weighted by Gasteiger charge is -2.35. The summed E-state index contributed by atoms with van der Waals surface area (Å²) in [6, 6.07) is 8.16. The third-order valence-electron chi connectivity index (χ3n) is 7.67. The number of carbonyl (C=O) groups excluding carboxylic acids is 5. The van der Waals surface area contributed by atoms with Crippen molar-refractivity contribution >= 4 is 52.1 Å². The molecule has 11 N–H and O–H groups in total. The second-order valence-corrected chi connectivity index (χ2v) is 11.8. The summed E-state index contributed by atoms with van der Waals surface area (Å²) < 4.78 is 0. The van der Waals surface area contributed by atoms with E-state index in [9.17, 15) is 24.0 Å². The zero-order chi connectivity index (χ0) is 34.0. The van der Waals surface area contributed by atoms with Gasteiger partial charge in [-0.1, -0.05) is 50.2 Å². The van der Waals surface area contributed by atoms with Gasteiger partial charge in [0.15, 0.2) is 5.96 Å². The average molecular weight is 639 g/mol. The Balaban J connectivity index is 2.00. The van der Waals surface area contributed by atoms with Crippen molar-refractivity contribution in [3.05, 3.63) is 42.5 Å². The maximum atomic E-state index is 14.3. The molecule has 2 aromatic rings. The number of nitrogens with zero attached hydrogens (tertiary/aromatic N) is 3. The standard InChI is InChI=1S/C31H46N10O5/c1-18(2)17-25(41(28(44)19(3)32)23-13-6-10-20-9-4-5-11-21(20)23)26(42)37-22(12-7-15-36-30(33)34)29(45)40-16-8-14-24(40)27(43)38-39-31(35)46/h4-6,9-11,13,18-19,22,24-25H,7-8,12,14-17,32H2,1-3H3,(H,37,42)(H,38,43)(H4,33,34,36)(H3,35,39,46)/t19-,22+,24+,25+/m1/s1. The van der Waals surface area contributed by atoms with Crippen LogP contribution in [0.2, 0.25) is 0 Å². The van der Waals surface area contributed by atoms with Crippen molar-refractivity contribution in [1.29, 1.82) is 0 Å². The number of fused-ring (bicyclic) bond motifs is 1. The largest absolute Gasteiger partial charge is 0.370 e. The van der Waals surface area contributed by atoms with Gasteiger partial charge in [-0.05, 0) is 56.4 Å². The molecule has 0 aliphatic carbocycles. The molecular formula is C31H46N10O5. The zero-order valence-corrected chi connectivity index (χ0v) is 26.6. The number of guanidine groups is 1. The number of likely N-dealkylation sites (tertiary alicyclic amines) is 1. The lowest BCUT2D eigenvalue weighted by Crippen LogP contribution is -2.59. The molecule has 6 amide bonds. The Kier molecular flexibility index (Phi) is 12.7. The van der Waals surface area contributed by atoms with Crippen LogP contribution in [0.1, 0.15) is 52.9 Å². The predicted molar refractivity (Wildman–Crippen MR) is 176 cm³/mol. The summed E-state index contributed by atoms with van der Waals surface area (Å²) in [7, 11) is 0. The van der Waals surface area contributed by atoms with Crippen LogP contribution in [-0.2, 0) is 19.2 Å². The Hall–Kier alpha value is -4.92. The molecule has 1 aliphatic heterocycles. The molecule has 0 spiro atoms. The zero-order valence-electron chi connectivity index (χ0n) is 26.6. The molecule has 0 aromatic heterocycles. The normalized spacial score (nSPS) is 16.3. The van der Waals surface area contributed by atoms with Gasteiger partial charge >= 0.3 is 6.03 Å². The fourth-order valence-electron chi connectivity index (χ4n) is 5.59. The van der Waals surface area contributed by atoms with E-state index in [4.69, 9.17) is 22.9 Å². The SMILES string of the molecule is CC(C)C[C@@H](C(=O)N[C@@H](CCCN=C(N)N)C(=O)N1CCC[C@H]1C(=O)NNC(N)=O)N(C(=O)[C@@H](C)N)c1cccc2ccccc12. The van der Waals surface area contributed by atoms with Gasteiger partial charge in [-0.15, -0.1) is 0 Å². The Morgan fingerprint density at radius 3 is 2.35 bits per heavy atom. The molecule has 0 unspecified atom stereocenters. The van der Waals surface area contributed by atoms with Crippen LogP contribution < -0.4 is 44.0 Å². The van der Waals surface area contributed by atoms with Gasteiger partial charge < -0.3 is 33.2 Å². The Labute approximate surface area is 268 Å². The van der Waals surface area contributed by atoms with Gasteiger partial charge in [0.1, 0.15) is 18.1 Å². The molecule has 15 heteroatoms. The summed E-state index contributed by atoms with van der Waals surface area (Å²) in [6.07, 6.45) is 1.64. The van der Waals surface area contributed by atoms with Crippen LogP contribution >= 0.6 is 0 Å². The van der Waals surface area contributed by atoms with Gasteiger partial charge in [-0.2, -0.15) is 0 Å². The third-order valence-corrected chi connectivity index (χ3v) is 7.67. The highest BCUT2D eigenvalue weighted by Crippen LogP contribution is 2.31. The van der Waals surface area contributed by atoms with Crippen molar-refractivity contribution in [2.24, 2.45) is 33.8 Å². The number of hydrogen-bond acceptors (Lipinski definition) is 7. The number of anilines is 1. The first-order valence-electron chi connectivity index (χ1n) is 15.4. The molecule has 1 saturated heterocycles. The molecule has 4 atom stereocenters. The topological polar surface area (TPSA) is 244 Å². The molecule has 1 aliphatic rings. The summed E-state index contributed by atoms with van der Waals surface area (Å²) in [5.41, 5.74) is 26.9. The minimum absolute atomic E-state index is 0.0189. The quantitative estimate of drug-likeness (QED) is 0.0688. The highest BCUT2D eigenvalue weighted by molar-refractivity contribution is 6.09. The van der Waals surface area contributed by atoms with Crippen molar-refractivity contribution in [2.75, 3.05) is 18.0 Å². The van der Waals surface area contributed by atoms with E-state index in [2.05, 4.69) is 15.7 Å². The highest BCUT2D eigenvalue weighted by Gasteiger charge is 2.40. The monoisotopic (exact) mass is 638 g/mol. The summed E-state index contributed by atoms with van der Waals surface area (Å²) in [4.78, 5) is 72.8. The van der Waals surface area contributed by atoms with Crippen LogP contribution in [0.5, 0.6) is 0 Å². The first-order chi connectivity index (χ1) is 21.8. The van der Waals surface area contributed by atoms with E-state index >= 15 is 0 Å². The van der Waals surface area contributed by atoms with Crippen LogP contribution in [0, 0.1) is 5.92 Å². The van der Waals surface area contributed by atoms with Crippen LogP contribution in [-0.4, -0.2) is 77.8 Å². The Bertz CT molecular complexity index is 1440. The minimum atomic E-state index is -1.08. The molecule has 0 bridgehead atoms. The minimum Gasteiger partial charge on any atom is -0.370 e. The molecule has 250 valence electrons. The van der Waals surface area contributed by atoms with Crippen LogP contribution in [0.15, 0.2) is 47.5 Å². The summed E-state index contributed by atoms with van der Waals surface area (Å²) in [5, 5.41) is 4.53. The van der Waals surface area contributed by atoms with Crippen molar-refractivity contribution in [2.45, 2.75) is 77.0 Å². The van der Waals surface area contributed by atoms with Gasteiger partial charge in [0.25, 0.3) is 5.91 Å². The first-order valence-corrected chi connectivity index (χ1v) is 15.4. The first kappa shape index (κ1) is 35.6. The molecule has 2 aromatic carbocycles. The Morgan fingerprint density at radius 1 is 1.00 bits per heavy atom. The number of urea groups is 1. The van der Waals surface area contributed by atoms with Gasteiger partial charge in [0, 0.05) is 18.5 Å². The fraction of sp³-hybridized carbons (Fsp3) is 0.484. The maximum absolute atomic E-state index is 14.3. The number of benzene rings is 2. The second kappa shape index (κ2) is 16.4. The number of amides is 6. The smallest absolute Gasteiger partial charge is 0.330 e. The molecular weight excluding hydrogens is 592 g/mol. The number of rotatable bonds is 13. The number of aliphatic imine (C=N–C) groups is 1. The summed E-state index contributed by atoms with van der Waals surface area (Å²) >= 11 is 0. The summed E-state index contributed by atoms with van der Waals surface area (Å²) in [6.45, 7) is 5.89. The molecule has 46 heavy (non-hydrogen) atoms. The van der Waals surface area contributed by atoms with E-state index in [0.29, 0.717) is 24.9 Å². The number of hydrogen-bond donors (Lipinski definition) is 7. The lowest BCUT2D eigenvalue weighted by molar-refractivity contribution is -0.142. The molecule has 0 radical (unpaired) electrons. The molecule has 1 fully saturated rings. The number of nitrogens with one attached hydrogen (secondary N) is 3. The van der Waals surface area contributed by atoms with E-state index in [1.165, 1.54) is 9.80 Å². The summed E-state index contributed by atoms with van der Waals surface area (Å²) in [5.74, 6) is -2.24. The van der Waals surface area contributed by atoms with Crippen LogP contribution in [0.3, 0.4) is 0 Å². The number of carbonyl (C=O) groups is 5. The fourth-order valence-corrected chi connectivity index (χ4v) is 5.59. The van der Waals surface area contributed by atoms with Crippen molar-refractivity contribution < 1.29 is 24.0 Å². The van der Waals surface area contributed by atoms with E-state index in [1.807, 2.05) is 55.7 Å².